The molecule has 2 aromatic carbocycles. The molecule has 0 aliphatic rings. The van der Waals surface area contributed by atoms with Crippen LogP contribution in [0, 0.1) is 6.92 Å². The number of phenols is 1. The molecule has 18 heavy (non-hydrogen) atoms. The van der Waals surface area contributed by atoms with Crippen molar-refractivity contribution in [2.45, 2.75) is 20.3 Å². The third-order valence-electron chi connectivity index (χ3n) is 3.02. The van der Waals surface area contributed by atoms with Gasteiger partial charge in [0, 0.05) is 5.56 Å². The number of benzene rings is 2. The van der Waals surface area contributed by atoms with Crippen LogP contribution in [0.25, 0.3) is 11.1 Å². The lowest BCUT2D eigenvalue weighted by Crippen LogP contribution is -1.92. The van der Waals surface area contributed by atoms with Gasteiger partial charge in [0.2, 0.25) is 0 Å². The highest BCUT2D eigenvalue weighted by Gasteiger charge is 2.11. The third kappa shape index (κ3) is 2.45. The van der Waals surface area contributed by atoms with Gasteiger partial charge in [0.1, 0.15) is 5.75 Å². The monoisotopic (exact) mass is 238 g/mol. The van der Waals surface area contributed by atoms with Crippen molar-refractivity contribution in [3.05, 3.63) is 65.7 Å². The molecule has 92 valence electrons. The van der Waals surface area contributed by atoms with E-state index in [0.717, 1.165) is 27.8 Å². The Balaban J connectivity index is 2.56. The second-order valence-corrected chi connectivity index (χ2v) is 4.77. The van der Waals surface area contributed by atoms with E-state index in [2.05, 4.69) is 12.6 Å². The van der Waals surface area contributed by atoms with Crippen LogP contribution >= 0.6 is 0 Å². The lowest BCUT2D eigenvalue weighted by molar-refractivity contribution is 0.471. The summed E-state index contributed by atoms with van der Waals surface area (Å²) in [6, 6.07) is 14.0. The summed E-state index contributed by atoms with van der Waals surface area (Å²) in [7, 11) is 0. The highest BCUT2D eigenvalue weighted by molar-refractivity contribution is 5.75. The largest absolute Gasteiger partial charge is 0.507 e. The maximum atomic E-state index is 10.4. The minimum absolute atomic E-state index is 0.379. The zero-order valence-electron chi connectivity index (χ0n) is 10.9. The van der Waals surface area contributed by atoms with Gasteiger partial charge >= 0.3 is 0 Å². The van der Waals surface area contributed by atoms with E-state index in [1.165, 1.54) is 0 Å². The second kappa shape index (κ2) is 5.09. The maximum Gasteiger partial charge on any atom is 0.127 e. The van der Waals surface area contributed by atoms with E-state index >= 15 is 0 Å². The SMILES string of the molecule is C=C(C)Cc1ccc(C)c(-c2ccccc2)c1O. The number of phenolic OH excluding ortho intramolecular Hbond substituents is 1. The highest BCUT2D eigenvalue weighted by atomic mass is 16.3. The predicted molar refractivity (Wildman–Crippen MR) is 76.8 cm³/mol. The first kappa shape index (κ1) is 12.4. The first-order valence-electron chi connectivity index (χ1n) is 6.11. The van der Waals surface area contributed by atoms with E-state index in [4.69, 9.17) is 0 Å². The third-order valence-corrected chi connectivity index (χ3v) is 3.02. The molecule has 0 heterocycles. The van der Waals surface area contributed by atoms with Gasteiger partial charge in [-0.05, 0) is 37.0 Å². The molecular formula is C17H18O. The lowest BCUT2D eigenvalue weighted by Gasteiger charge is -2.13. The number of allylic oxidation sites excluding steroid dienone is 1. The van der Waals surface area contributed by atoms with Gasteiger partial charge in [0.15, 0.2) is 0 Å². The van der Waals surface area contributed by atoms with Gasteiger partial charge in [0.05, 0.1) is 0 Å². The molecule has 0 aromatic heterocycles. The minimum atomic E-state index is 0.379. The highest BCUT2D eigenvalue weighted by Crippen LogP contribution is 2.35. The summed E-state index contributed by atoms with van der Waals surface area (Å²) in [5.41, 5.74) is 5.05. The van der Waals surface area contributed by atoms with Crippen LogP contribution in [0.4, 0.5) is 0 Å². The van der Waals surface area contributed by atoms with Crippen LogP contribution in [0.5, 0.6) is 5.75 Å². The zero-order valence-corrected chi connectivity index (χ0v) is 10.9. The lowest BCUT2D eigenvalue weighted by atomic mass is 9.94. The first-order valence-corrected chi connectivity index (χ1v) is 6.11. The van der Waals surface area contributed by atoms with Crippen molar-refractivity contribution in [3.63, 3.8) is 0 Å². The molecule has 0 aliphatic heterocycles. The molecule has 0 aliphatic carbocycles. The Morgan fingerprint density at radius 2 is 1.78 bits per heavy atom. The molecule has 2 rings (SSSR count). The van der Waals surface area contributed by atoms with Gasteiger partial charge in [-0.15, -0.1) is 0 Å². The summed E-state index contributed by atoms with van der Waals surface area (Å²) in [6.07, 6.45) is 0.714. The summed E-state index contributed by atoms with van der Waals surface area (Å²) >= 11 is 0. The first-order chi connectivity index (χ1) is 8.59. The molecular weight excluding hydrogens is 220 g/mol. The van der Waals surface area contributed by atoms with E-state index in [-0.39, 0.29) is 0 Å². The van der Waals surface area contributed by atoms with Crippen molar-refractivity contribution < 1.29 is 5.11 Å². The Morgan fingerprint density at radius 3 is 2.39 bits per heavy atom. The Morgan fingerprint density at radius 1 is 1.11 bits per heavy atom. The van der Waals surface area contributed by atoms with Gasteiger partial charge in [-0.2, -0.15) is 0 Å². The molecule has 0 bridgehead atoms. The number of aryl methyl sites for hydroxylation is 1. The van der Waals surface area contributed by atoms with Gasteiger partial charge < -0.3 is 5.11 Å². The average Bonchev–Trinajstić information content (AvgIpc) is 2.34. The fourth-order valence-corrected chi connectivity index (χ4v) is 2.17. The molecule has 0 saturated carbocycles. The maximum absolute atomic E-state index is 10.4. The minimum Gasteiger partial charge on any atom is -0.507 e. The molecule has 1 nitrogen and oxygen atoms in total. The van der Waals surface area contributed by atoms with Crippen LogP contribution in [-0.4, -0.2) is 5.11 Å². The van der Waals surface area contributed by atoms with Crippen LogP contribution in [0.3, 0.4) is 0 Å². The van der Waals surface area contributed by atoms with E-state index in [1.54, 1.807) is 0 Å². The smallest absolute Gasteiger partial charge is 0.127 e. The molecule has 1 heteroatoms. The fraction of sp³-hybridized carbons (Fsp3) is 0.176. The van der Waals surface area contributed by atoms with E-state index < -0.39 is 0 Å². The zero-order chi connectivity index (χ0) is 13.1. The average molecular weight is 238 g/mol. The van der Waals surface area contributed by atoms with E-state index in [1.807, 2.05) is 50.2 Å². The molecule has 0 fully saturated rings. The Hall–Kier alpha value is -2.02. The van der Waals surface area contributed by atoms with Crippen LogP contribution in [0.1, 0.15) is 18.1 Å². The number of aromatic hydroxyl groups is 1. The van der Waals surface area contributed by atoms with Crippen molar-refractivity contribution in [2.75, 3.05) is 0 Å². The second-order valence-electron chi connectivity index (χ2n) is 4.77. The molecule has 0 amide bonds. The fourth-order valence-electron chi connectivity index (χ4n) is 2.17. The number of rotatable bonds is 3. The summed E-state index contributed by atoms with van der Waals surface area (Å²) in [5, 5.41) is 10.4. The van der Waals surface area contributed by atoms with Gasteiger partial charge in [-0.25, -0.2) is 0 Å². The van der Waals surface area contributed by atoms with Gasteiger partial charge in [0.25, 0.3) is 0 Å². The molecule has 2 aromatic rings. The summed E-state index contributed by atoms with van der Waals surface area (Å²) in [6.45, 7) is 7.90. The predicted octanol–water partition coefficient (Wildman–Crippen LogP) is 4.49. The van der Waals surface area contributed by atoms with E-state index in [9.17, 15) is 5.11 Å². The van der Waals surface area contributed by atoms with E-state index in [0.29, 0.717) is 12.2 Å². The Labute approximate surface area is 108 Å². The Bertz CT molecular complexity index is 568. The molecule has 0 saturated heterocycles. The van der Waals surface area contributed by atoms with Crippen LogP contribution < -0.4 is 0 Å². The molecule has 0 unspecified atom stereocenters. The summed E-state index contributed by atoms with van der Waals surface area (Å²) < 4.78 is 0. The van der Waals surface area contributed by atoms with Crippen LogP contribution in [0.2, 0.25) is 0 Å². The Kier molecular flexibility index (Phi) is 3.52. The van der Waals surface area contributed by atoms with Crippen molar-refractivity contribution in [2.24, 2.45) is 0 Å². The van der Waals surface area contributed by atoms with Gasteiger partial charge in [-0.1, -0.05) is 54.6 Å². The normalized spacial score (nSPS) is 10.3. The molecule has 0 radical (unpaired) electrons. The quantitative estimate of drug-likeness (QED) is 0.781. The molecule has 0 atom stereocenters. The number of hydrogen-bond donors (Lipinski definition) is 1. The van der Waals surface area contributed by atoms with Crippen molar-refractivity contribution >= 4 is 0 Å². The van der Waals surface area contributed by atoms with Crippen molar-refractivity contribution in [3.8, 4) is 16.9 Å². The van der Waals surface area contributed by atoms with Crippen molar-refractivity contribution in [1.82, 2.24) is 0 Å². The van der Waals surface area contributed by atoms with Gasteiger partial charge in [-0.3, -0.25) is 0 Å². The molecule has 1 N–H and O–H groups in total. The standard InChI is InChI=1S/C17H18O/c1-12(2)11-15-10-9-13(3)16(17(15)18)14-7-5-4-6-8-14/h4-10,18H,1,11H2,2-3H3. The summed E-state index contributed by atoms with van der Waals surface area (Å²) in [5.74, 6) is 0.379. The van der Waals surface area contributed by atoms with Crippen LogP contribution in [-0.2, 0) is 6.42 Å². The van der Waals surface area contributed by atoms with Crippen molar-refractivity contribution in [1.29, 1.82) is 0 Å². The van der Waals surface area contributed by atoms with Crippen LogP contribution in [0.15, 0.2) is 54.6 Å². The topological polar surface area (TPSA) is 20.2 Å². The molecule has 0 spiro atoms. The summed E-state index contributed by atoms with van der Waals surface area (Å²) in [4.78, 5) is 0. The number of hydrogen-bond acceptors (Lipinski definition) is 1.